The van der Waals surface area contributed by atoms with Gasteiger partial charge in [0.05, 0.1) is 19.2 Å². The summed E-state index contributed by atoms with van der Waals surface area (Å²) in [7, 11) is 1.30. The van der Waals surface area contributed by atoms with Crippen LogP contribution in [0.4, 0.5) is 8.78 Å². The molecule has 8 rings (SSSR count). The molecular formula is C59H62F2N6O8. The third-order valence-electron chi connectivity index (χ3n) is 13.8. The van der Waals surface area contributed by atoms with Crippen molar-refractivity contribution in [2.75, 3.05) is 33.3 Å². The highest BCUT2D eigenvalue weighted by Crippen LogP contribution is 2.26. The topological polar surface area (TPSA) is 197 Å². The van der Waals surface area contributed by atoms with E-state index in [4.69, 9.17) is 16.2 Å². The molecule has 2 aliphatic heterocycles. The molecule has 2 saturated heterocycles. The van der Waals surface area contributed by atoms with Gasteiger partial charge in [-0.15, -0.1) is 13.2 Å². The predicted octanol–water partition coefficient (Wildman–Crippen LogP) is 6.41. The summed E-state index contributed by atoms with van der Waals surface area (Å²) in [5.41, 5.74) is 15.5. The number of carbonyl (C=O) groups is 6. The van der Waals surface area contributed by atoms with Crippen LogP contribution in [0.3, 0.4) is 0 Å². The van der Waals surface area contributed by atoms with Gasteiger partial charge in [-0.25, -0.2) is 18.4 Å². The normalized spacial score (nSPS) is 17.3. The predicted molar refractivity (Wildman–Crippen MR) is 283 cm³/mol. The number of methoxy groups -OCH3 is 1. The molecule has 0 radical (unpaired) electrons. The van der Waals surface area contributed by atoms with E-state index in [1.165, 1.54) is 57.1 Å². The van der Waals surface area contributed by atoms with Gasteiger partial charge in [0.15, 0.2) is 0 Å². The maximum absolute atomic E-state index is 13.7. The number of nitrogens with zero attached hydrogens (tertiary/aromatic N) is 4. The number of carboxylic acid groups (broad SMARTS) is 1. The molecule has 16 heteroatoms. The van der Waals surface area contributed by atoms with E-state index >= 15 is 0 Å². The summed E-state index contributed by atoms with van der Waals surface area (Å²) in [4.78, 5) is 84.7. The van der Waals surface area contributed by atoms with Gasteiger partial charge in [-0.3, -0.25) is 19.2 Å². The zero-order chi connectivity index (χ0) is 53.8. The molecule has 0 aromatic heterocycles. The van der Waals surface area contributed by atoms with Crippen LogP contribution < -0.4 is 11.5 Å². The van der Waals surface area contributed by atoms with E-state index in [-0.39, 0.29) is 88.2 Å². The molecule has 4 amide bonds. The first-order valence-electron chi connectivity index (χ1n) is 24.8. The Kier molecular flexibility index (Phi) is 18.4. The highest BCUT2D eigenvalue weighted by Gasteiger charge is 2.44. The Labute approximate surface area is 434 Å². The number of nitrogens with two attached hydrogens (primary N) is 2. The molecular weight excluding hydrogens is 959 g/mol. The van der Waals surface area contributed by atoms with Crippen molar-refractivity contribution >= 4 is 57.1 Å². The fourth-order valence-corrected chi connectivity index (χ4v) is 9.85. The number of halogens is 2. The lowest BCUT2D eigenvalue weighted by atomic mass is 9.97. The fourth-order valence-electron chi connectivity index (χ4n) is 9.85. The summed E-state index contributed by atoms with van der Waals surface area (Å²) in [5, 5.41) is 14.2. The van der Waals surface area contributed by atoms with Crippen molar-refractivity contribution in [2.45, 2.75) is 74.8 Å². The molecule has 6 atom stereocenters. The van der Waals surface area contributed by atoms with Crippen LogP contribution in [0.1, 0.15) is 35.1 Å². The number of carboxylic acids is 1. The molecule has 2 aliphatic rings. The van der Waals surface area contributed by atoms with Crippen LogP contribution in [0.5, 0.6) is 0 Å². The third-order valence-corrected chi connectivity index (χ3v) is 13.8. The van der Waals surface area contributed by atoms with Crippen molar-refractivity contribution in [2.24, 2.45) is 11.5 Å². The first-order valence-corrected chi connectivity index (χ1v) is 24.8. The van der Waals surface area contributed by atoms with E-state index in [2.05, 4.69) is 13.2 Å². The average Bonchev–Trinajstić information content (AvgIpc) is 3.41. The molecule has 6 aromatic rings. The molecule has 5 N–H and O–H groups in total. The maximum Gasteiger partial charge on any atom is 0.328 e. The molecule has 75 heavy (non-hydrogen) atoms. The van der Waals surface area contributed by atoms with Crippen LogP contribution >= 0.6 is 0 Å². The number of benzene rings is 6. The lowest BCUT2D eigenvalue weighted by Gasteiger charge is -2.43. The number of carbonyl (C=O) groups excluding carboxylic acids is 5. The Morgan fingerprint density at radius 1 is 0.573 bits per heavy atom. The SMILES string of the molecule is C=CC[C@H]1C(=O)N([C@@H](Cc2ccc3ccccc3c2)C(=O)O)CCN1C(=O)[C@H](N)Cc1ccc(F)cc1.C=CC[C@H]1C(=O)N([C@@H](Cc2ccc3ccccc3c2)C(=O)OC)CCN1C(=O)[C@H](N)Cc1ccc(F)cc1. The summed E-state index contributed by atoms with van der Waals surface area (Å²) in [5.74, 6) is -3.96. The molecule has 0 aliphatic carbocycles. The van der Waals surface area contributed by atoms with Crippen LogP contribution in [0.25, 0.3) is 21.5 Å². The number of rotatable bonds is 18. The van der Waals surface area contributed by atoms with Crippen molar-refractivity contribution in [1.29, 1.82) is 0 Å². The number of amides is 4. The molecule has 2 heterocycles. The average molecular weight is 1020 g/mol. The molecule has 2 fully saturated rings. The van der Waals surface area contributed by atoms with E-state index in [1.54, 1.807) is 30.3 Å². The van der Waals surface area contributed by atoms with E-state index < -0.39 is 60.0 Å². The minimum atomic E-state index is -1.10. The van der Waals surface area contributed by atoms with Crippen molar-refractivity contribution in [3.8, 4) is 0 Å². The number of ether oxygens (including phenoxy) is 1. The van der Waals surface area contributed by atoms with Gasteiger partial charge in [-0.2, -0.15) is 0 Å². The van der Waals surface area contributed by atoms with Crippen molar-refractivity contribution in [3.63, 3.8) is 0 Å². The van der Waals surface area contributed by atoms with Gasteiger partial charge in [0.25, 0.3) is 0 Å². The molecule has 0 spiro atoms. The number of esters is 1. The Morgan fingerprint density at radius 3 is 1.33 bits per heavy atom. The summed E-state index contributed by atoms with van der Waals surface area (Å²) in [6.45, 7) is 8.07. The Morgan fingerprint density at radius 2 is 0.947 bits per heavy atom. The molecule has 6 aromatic carbocycles. The number of aliphatic carboxylic acids is 1. The van der Waals surface area contributed by atoms with Gasteiger partial charge in [0, 0.05) is 39.0 Å². The number of piperazine rings is 2. The maximum atomic E-state index is 13.7. The van der Waals surface area contributed by atoms with Gasteiger partial charge in [0.2, 0.25) is 23.6 Å². The fraction of sp³-hybridized carbons (Fsp3) is 0.288. The Balaban J connectivity index is 0.000000219. The van der Waals surface area contributed by atoms with E-state index in [1.807, 2.05) is 84.9 Å². The molecule has 390 valence electrons. The largest absolute Gasteiger partial charge is 0.480 e. The van der Waals surface area contributed by atoms with E-state index in [9.17, 15) is 42.7 Å². The first kappa shape index (κ1) is 54.7. The number of hydrogen-bond acceptors (Lipinski definition) is 9. The van der Waals surface area contributed by atoms with Crippen molar-refractivity contribution in [3.05, 3.63) is 193 Å². The lowest BCUT2D eigenvalue weighted by molar-refractivity contribution is -0.161. The van der Waals surface area contributed by atoms with E-state index in [0.29, 0.717) is 5.56 Å². The molecule has 14 nitrogen and oxygen atoms in total. The van der Waals surface area contributed by atoms with Crippen LogP contribution in [0.2, 0.25) is 0 Å². The second-order valence-electron chi connectivity index (χ2n) is 18.7. The van der Waals surface area contributed by atoms with Gasteiger partial charge in [-0.1, -0.05) is 121 Å². The summed E-state index contributed by atoms with van der Waals surface area (Å²) in [6, 6.07) is 33.5. The second-order valence-corrected chi connectivity index (χ2v) is 18.7. The zero-order valence-electron chi connectivity index (χ0n) is 41.8. The van der Waals surface area contributed by atoms with Crippen LogP contribution in [-0.4, -0.2) is 130 Å². The Bertz CT molecular complexity index is 3040. The van der Waals surface area contributed by atoms with Crippen LogP contribution in [0.15, 0.2) is 159 Å². The minimum Gasteiger partial charge on any atom is -0.480 e. The highest BCUT2D eigenvalue weighted by molar-refractivity contribution is 5.95. The minimum absolute atomic E-state index is 0.0754. The molecule has 0 bridgehead atoms. The first-order chi connectivity index (χ1) is 36.1. The van der Waals surface area contributed by atoms with Crippen molar-refractivity contribution in [1.82, 2.24) is 19.6 Å². The van der Waals surface area contributed by atoms with Gasteiger partial charge in [0.1, 0.15) is 35.8 Å². The zero-order valence-corrected chi connectivity index (χ0v) is 41.8. The standard InChI is InChI=1S/C30H32FN3O4.C29H30FN3O4/c1-3-6-26-29(36)34(16-15-33(26)28(35)25(32)18-20-10-13-24(31)14-11-20)27(30(37)38-2)19-21-9-12-22-7-4-5-8-23(22)17-21;1-2-5-25-28(35)33(15-14-32(25)27(34)24(31)17-19-9-12-23(30)13-10-19)26(29(36)37)18-20-8-11-21-6-3-4-7-22(21)16-20/h3-5,7-14,17,25-27H,1,6,15-16,18-19,32H2,2H3;2-4,6-13,16,24-26H,1,5,14-15,17-18,31H2,(H,36,37)/t25-,26+,27+;24-,25+,26+/m11/s1. The quantitative estimate of drug-likeness (QED) is 0.0640. The van der Waals surface area contributed by atoms with Gasteiger partial charge < -0.3 is 40.9 Å². The highest BCUT2D eigenvalue weighted by atomic mass is 19.1. The number of fused-ring (bicyclic) bond motifs is 2. The summed E-state index contributed by atoms with van der Waals surface area (Å²) in [6.07, 6.45) is 4.33. The number of hydrogen-bond donors (Lipinski definition) is 3. The molecule has 0 saturated carbocycles. The van der Waals surface area contributed by atoms with Crippen molar-refractivity contribution < 1.29 is 47.4 Å². The third kappa shape index (κ3) is 13.4. The van der Waals surface area contributed by atoms with Crippen LogP contribution in [0, 0.1) is 11.6 Å². The summed E-state index contributed by atoms with van der Waals surface area (Å²) >= 11 is 0. The Hall–Kier alpha value is -8.08. The van der Waals surface area contributed by atoms with Gasteiger partial charge >= 0.3 is 11.9 Å². The van der Waals surface area contributed by atoms with Crippen LogP contribution in [-0.2, 0) is 59.2 Å². The monoisotopic (exact) mass is 1020 g/mol. The van der Waals surface area contributed by atoms with E-state index in [0.717, 1.165) is 38.2 Å². The second kappa shape index (κ2) is 25.2. The lowest BCUT2D eigenvalue weighted by Crippen LogP contribution is -2.64. The molecule has 0 unspecified atom stereocenters. The summed E-state index contributed by atoms with van der Waals surface area (Å²) < 4.78 is 31.5. The smallest absolute Gasteiger partial charge is 0.328 e. The van der Waals surface area contributed by atoms with Gasteiger partial charge in [-0.05, 0) is 93.7 Å².